The van der Waals surface area contributed by atoms with Gasteiger partial charge >= 0.3 is 0 Å². The number of fused-ring (bicyclic) bond motifs is 1. The fraction of sp³-hybridized carbons (Fsp3) is 0. The standard InChI is InChI=1S/C13H9N2O/c16-12-8-4-1-5-9(12)13-14-10-6-2-3-7-11(10)15-13/h1-3,5-8,16H,(H,14,15). The molecule has 1 heterocycles. The Morgan fingerprint density at radius 1 is 1.19 bits per heavy atom. The van der Waals surface area contributed by atoms with Crippen molar-refractivity contribution in [1.29, 1.82) is 0 Å². The van der Waals surface area contributed by atoms with Gasteiger partial charge in [-0.05, 0) is 30.3 Å². The predicted molar refractivity (Wildman–Crippen MR) is 62.0 cm³/mol. The molecule has 3 nitrogen and oxygen atoms in total. The molecule has 0 amide bonds. The van der Waals surface area contributed by atoms with Crippen LogP contribution in [0.15, 0.2) is 42.5 Å². The summed E-state index contributed by atoms with van der Waals surface area (Å²) < 4.78 is 0. The lowest BCUT2D eigenvalue weighted by Gasteiger charge is -1.98. The van der Waals surface area contributed by atoms with Crippen molar-refractivity contribution in [3.63, 3.8) is 0 Å². The van der Waals surface area contributed by atoms with Gasteiger partial charge in [0.05, 0.1) is 16.6 Å². The zero-order valence-corrected chi connectivity index (χ0v) is 8.44. The molecule has 0 spiro atoms. The minimum absolute atomic E-state index is 0.182. The Kier molecular flexibility index (Phi) is 1.90. The Balaban J connectivity index is 2.23. The topological polar surface area (TPSA) is 48.9 Å². The molecule has 0 saturated heterocycles. The molecule has 3 heteroatoms. The van der Waals surface area contributed by atoms with Crippen LogP contribution >= 0.6 is 0 Å². The van der Waals surface area contributed by atoms with Crippen LogP contribution in [0.4, 0.5) is 0 Å². The number of benzene rings is 2. The first-order valence-electron chi connectivity index (χ1n) is 4.99. The van der Waals surface area contributed by atoms with Crippen LogP contribution in [0.1, 0.15) is 0 Å². The molecule has 0 saturated carbocycles. The van der Waals surface area contributed by atoms with E-state index in [1.807, 2.05) is 24.3 Å². The number of aromatic nitrogens is 2. The molecule has 0 aliphatic carbocycles. The summed E-state index contributed by atoms with van der Waals surface area (Å²) in [6, 6.07) is 15.7. The van der Waals surface area contributed by atoms with E-state index in [2.05, 4.69) is 16.0 Å². The molecule has 0 bridgehead atoms. The normalized spacial score (nSPS) is 10.8. The SMILES string of the molecule is Oc1c[c]ccc1-c1nc2ccccc2[nH]1. The van der Waals surface area contributed by atoms with Gasteiger partial charge in [-0.3, -0.25) is 0 Å². The van der Waals surface area contributed by atoms with Gasteiger partial charge in [0, 0.05) is 0 Å². The molecule has 16 heavy (non-hydrogen) atoms. The summed E-state index contributed by atoms with van der Waals surface area (Å²) in [6.07, 6.45) is 0. The van der Waals surface area contributed by atoms with Crippen LogP contribution < -0.4 is 0 Å². The van der Waals surface area contributed by atoms with E-state index in [0.29, 0.717) is 11.4 Å². The molecule has 0 fully saturated rings. The third-order valence-electron chi connectivity index (χ3n) is 2.49. The van der Waals surface area contributed by atoms with E-state index in [9.17, 15) is 5.11 Å². The minimum atomic E-state index is 0.182. The number of phenols is 1. The van der Waals surface area contributed by atoms with Crippen LogP contribution in [0, 0.1) is 6.07 Å². The summed E-state index contributed by atoms with van der Waals surface area (Å²) in [7, 11) is 0. The molecular weight excluding hydrogens is 200 g/mol. The summed E-state index contributed by atoms with van der Waals surface area (Å²) in [6.45, 7) is 0. The lowest BCUT2D eigenvalue weighted by molar-refractivity contribution is 0.477. The molecule has 0 aliphatic rings. The maximum atomic E-state index is 9.70. The Morgan fingerprint density at radius 2 is 2.06 bits per heavy atom. The molecule has 77 valence electrons. The van der Waals surface area contributed by atoms with E-state index in [0.717, 1.165) is 11.0 Å². The van der Waals surface area contributed by atoms with Crippen LogP contribution in [0.3, 0.4) is 0 Å². The highest BCUT2D eigenvalue weighted by atomic mass is 16.3. The highest BCUT2D eigenvalue weighted by Gasteiger charge is 2.07. The van der Waals surface area contributed by atoms with Crippen LogP contribution in [0.2, 0.25) is 0 Å². The number of aromatic hydroxyl groups is 1. The number of rotatable bonds is 1. The number of hydrogen-bond acceptors (Lipinski definition) is 2. The molecule has 2 aromatic carbocycles. The largest absolute Gasteiger partial charge is 0.507 e. The first-order chi connectivity index (χ1) is 7.84. The van der Waals surface area contributed by atoms with Crippen molar-refractivity contribution in [2.75, 3.05) is 0 Å². The minimum Gasteiger partial charge on any atom is -0.507 e. The van der Waals surface area contributed by atoms with Crippen LogP contribution in [-0.4, -0.2) is 15.1 Å². The maximum Gasteiger partial charge on any atom is 0.142 e. The molecule has 3 aromatic rings. The second kappa shape index (κ2) is 3.38. The van der Waals surface area contributed by atoms with Gasteiger partial charge in [-0.1, -0.05) is 18.2 Å². The predicted octanol–water partition coefficient (Wildman–Crippen LogP) is 2.74. The third-order valence-corrected chi connectivity index (χ3v) is 2.49. The van der Waals surface area contributed by atoms with Gasteiger partial charge in [-0.15, -0.1) is 0 Å². The molecule has 0 atom stereocenters. The van der Waals surface area contributed by atoms with Gasteiger partial charge in [0.15, 0.2) is 0 Å². The summed E-state index contributed by atoms with van der Waals surface area (Å²) in [5, 5.41) is 9.70. The Hall–Kier alpha value is -2.29. The van der Waals surface area contributed by atoms with Gasteiger partial charge in [-0.2, -0.15) is 0 Å². The van der Waals surface area contributed by atoms with Crippen molar-refractivity contribution >= 4 is 11.0 Å². The monoisotopic (exact) mass is 209 g/mol. The average molecular weight is 209 g/mol. The van der Waals surface area contributed by atoms with E-state index in [1.165, 1.54) is 6.07 Å². The molecule has 1 radical (unpaired) electrons. The quantitative estimate of drug-likeness (QED) is 0.647. The number of imidazole rings is 1. The summed E-state index contributed by atoms with van der Waals surface area (Å²) in [4.78, 5) is 7.58. The van der Waals surface area contributed by atoms with E-state index in [1.54, 1.807) is 12.1 Å². The fourth-order valence-corrected chi connectivity index (χ4v) is 1.70. The highest BCUT2D eigenvalue weighted by molar-refractivity contribution is 5.80. The number of hydrogen-bond donors (Lipinski definition) is 2. The van der Waals surface area contributed by atoms with Gasteiger partial charge in [0.1, 0.15) is 11.6 Å². The van der Waals surface area contributed by atoms with E-state index < -0.39 is 0 Å². The average Bonchev–Trinajstić information content (AvgIpc) is 2.73. The van der Waals surface area contributed by atoms with Crippen LogP contribution in [0.5, 0.6) is 5.75 Å². The number of nitrogens with zero attached hydrogens (tertiary/aromatic N) is 1. The molecule has 3 rings (SSSR count). The van der Waals surface area contributed by atoms with Crippen molar-refractivity contribution in [3.05, 3.63) is 48.5 Å². The molecule has 0 aliphatic heterocycles. The van der Waals surface area contributed by atoms with Gasteiger partial charge < -0.3 is 10.1 Å². The van der Waals surface area contributed by atoms with Crippen molar-refractivity contribution in [1.82, 2.24) is 9.97 Å². The summed E-state index contributed by atoms with van der Waals surface area (Å²) >= 11 is 0. The van der Waals surface area contributed by atoms with Crippen LogP contribution in [-0.2, 0) is 0 Å². The van der Waals surface area contributed by atoms with Crippen molar-refractivity contribution in [2.24, 2.45) is 0 Å². The second-order valence-electron chi connectivity index (χ2n) is 3.55. The number of para-hydroxylation sites is 2. The Labute approximate surface area is 92.4 Å². The van der Waals surface area contributed by atoms with Gasteiger partial charge in [0.25, 0.3) is 0 Å². The maximum absolute atomic E-state index is 9.70. The van der Waals surface area contributed by atoms with Gasteiger partial charge in [-0.25, -0.2) is 4.98 Å². The number of phenolic OH excluding ortho intramolecular Hbond substituents is 1. The van der Waals surface area contributed by atoms with Crippen molar-refractivity contribution in [2.45, 2.75) is 0 Å². The molecule has 2 N–H and O–H groups in total. The van der Waals surface area contributed by atoms with E-state index >= 15 is 0 Å². The highest BCUT2D eigenvalue weighted by Crippen LogP contribution is 2.27. The second-order valence-corrected chi connectivity index (χ2v) is 3.55. The van der Waals surface area contributed by atoms with Crippen molar-refractivity contribution < 1.29 is 5.11 Å². The van der Waals surface area contributed by atoms with E-state index in [4.69, 9.17) is 0 Å². The zero-order valence-electron chi connectivity index (χ0n) is 8.44. The van der Waals surface area contributed by atoms with Gasteiger partial charge in [0.2, 0.25) is 0 Å². The lowest BCUT2D eigenvalue weighted by Crippen LogP contribution is -1.80. The molecular formula is C13H9N2O. The van der Waals surface area contributed by atoms with Crippen LogP contribution in [0.25, 0.3) is 22.4 Å². The van der Waals surface area contributed by atoms with Crippen molar-refractivity contribution in [3.8, 4) is 17.1 Å². The molecule has 1 aromatic heterocycles. The third kappa shape index (κ3) is 1.34. The number of nitrogens with one attached hydrogen (secondary N) is 1. The fourth-order valence-electron chi connectivity index (χ4n) is 1.70. The number of aromatic amines is 1. The first kappa shape index (κ1) is 8.97. The molecule has 0 unspecified atom stereocenters. The zero-order chi connectivity index (χ0) is 11.0. The lowest BCUT2D eigenvalue weighted by atomic mass is 10.2. The smallest absolute Gasteiger partial charge is 0.142 e. The summed E-state index contributed by atoms with van der Waals surface area (Å²) in [5.74, 6) is 0.856. The Morgan fingerprint density at radius 3 is 2.88 bits per heavy atom. The Bertz CT molecular complexity index is 610. The summed E-state index contributed by atoms with van der Waals surface area (Å²) in [5.41, 5.74) is 2.55. The number of H-pyrrole nitrogens is 1. The van der Waals surface area contributed by atoms with E-state index in [-0.39, 0.29) is 5.75 Å². The first-order valence-corrected chi connectivity index (χ1v) is 4.99.